The predicted octanol–water partition coefficient (Wildman–Crippen LogP) is 2.53. The van der Waals surface area contributed by atoms with Crippen LogP contribution in [0, 0.1) is 5.92 Å². The molecule has 0 heterocycles. The van der Waals surface area contributed by atoms with E-state index in [0.717, 1.165) is 19.3 Å². The molecule has 6 heteroatoms. The zero-order chi connectivity index (χ0) is 15.8. The lowest BCUT2D eigenvalue weighted by Crippen LogP contribution is -2.16. The number of primary amides is 1. The number of rotatable bonds is 8. The van der Waals surface area contributed by atoms with E-state index in [0.29, 0.717) is 24.6 Å². The zero-order valence-electron chi connectivity index (χ0n) is 12.2. The summed E-state index contributed by atoms with van der Waals surface area (Å²) in [7, 11) is 0. The molecular formula is C15H22ClN3O2. The van der Waals surface area contributed by atoms with Crippen molar-refractivity contribution in [2.75, 3.05) is 11.9 Å². The SMILES string of the molecule is CCC(CCN)CCC(=O)Nc1ccc(C(N)=O)c(Cl)c1. The first-order chi connectivity index (χ1) is 9.97. The Kier molecular flexibility index (Phi) is 7.19. The van der Waals surface area contributed by atoms with Gasteiger partial charge in [-0.1, -0.05) is 24.9 Å². The van der Waals surface area contributed by atoms with Crippen LogP contribution in [0.15, 0.2) is 18.2 Å². The first kappa shape index (κ1) is 17.5. The van der Waals surface area contributed by atoms with E-state index in [2.05, 4.69) is 12.2 Å². The minimum absolute atomic E-state index is 0.0756. The number of carbonyl (C=O) groups is 2. The minimum Gasteiger partial charge on any atom is -0.366 e. The molecule has 1 atom stereocenters. The van der Waals surface area contributed by atoms with Crippen LogP contribution in [0.4, 0.5) is 5.69 Å². The van der Waals surface area contributed by atoms with Gasteiger partial charge in [0.1, 0.15) is 0 Å². The van der Waals surface area contributed by atoms with Crippen LogP contribution in [0.3, 0.4) is 0 Å². The molecule has 1 aromatic carbocycles. The Hall–Kier alpha value is -1.59. The summed E-state index contributed by atoms with van der Waals surface area (Å²) < 4.78 is 0. The summed E-state index contributed by atoms with van der Waals surface area (Å²) in [6.07, 6.45) is 3.20. The summed E-state index contributed by atoms with van der Waals surface area (Å²) in [6, 6.07) is 4.64. The van der Waals surface area contributed by atoms with Crippen LogP contribution in [0.2, 0.25) is 5.02 Å². The third-order valence-corrected chi connectivity index (χ3v) is 3.76. The molecular weight excluding hydrogens is 290 g/mol. The molecule has 0 radical (unpaired) electrons. The molecule has 0 bridgehead atoms. The fourth-order valence-electron chi connectivity index (χ4n) is 2.14. The third kappa shape index (κ3) is 5.73. The lowest BCUT2D eigenvalue weighted by molar-refractivity contribution is -0.116. The second-order valence-electron chi connectivity index (χ2n) is 5.00. The molecule has 1 aromatic rings. The number of nitrogens with one attached hydrogen (secondary N) is 1. The molecule has 0 aliphatic carbocycles. The van der Waals surface area contributed by atoms with Crippen molar-refractivity contribution in [3.8, 4) is 0 Å². The van der Waals surface area contributed by atoms with E-state index in [1.54, 1.807) is 6.07 Å². The molecule has 0 saturated carbocycles. The van der Waals surface area contributed by atoms with E-state index in [1.165, 1.54) is 12.1 Å². The first-order valence-corrected chi connectivity index (χ1v) is 7.45. The van der Waals surface area contributed by atoms with E-state index >= 15 is 0 Å². The summed E-state index contributed by atoms with van der Waals surface area (Å²) >= 11 is 5.93. The van der Waals surface area contributed by atoms with Gasteiger partial charge in [0, 0.05) is 12.1 Å². The van der Waals surface area contributed by atoms with Crippen molar-refractivity contribution < 1.29 is 9.59 Å². The number of benzene rings is 1. The van der Waals surface area contributed by atoms with Crippen LogP contribution in [-0.4, -0.2) is 18.4 Å². The van der Waals surface area contributed by atoms with Crippen molar-refractivity contribution in [2.45, 2.75) is 32.6 Å². The number of hydrogen-bond acceptors (Lipinski definition) is 3. The largest absolute Gasteiger partial charge is 0.366 e. The van der Waals surface area contributed by atoms with Crippen molar-refractivity contribution in [1.82, 2.24) is 0 Å². The maximum absolute atomic E-state index is 11.9. The average Bonchev–Trinajstić information content (AvgIpc) is 2.43. The van der Waals surface area contributed by atoms with Crippen LogP contribution in [-0.2, 0) is 4.79 Å². The van der Waals surface area contributed by atoms with Crippen molar-refractivity contribution in [3.63, 3.8) is 0 Å². The van der Waals surface area contributed by atoms with Crippen LogP contribution < -0.4 is 16.8 Å². The van der Waals surface area contributed by atoms with Crippen LogP contribution >= 0.6 is 11.6 Å². The van der Waals surface area contributed by atoms with Crippen molar-refractivity contribution in [3.05, 3.63) is 28.8 Å². The predicted molar refractivity (Wildman–Crippen MR) is 85.3 cm³/mol. The van der Waals surface area contributed by atoms with Gasteiger partial charge in [-0.05, 0) is 43.5 Å². The van der Waals surface area contributed by atoms with Crippen molar-refractivity contribution in [1.29, 1.82) is 0 Å². The van der Waals surface area contributed by atoms with Gasteiger partial charge in [0.25, 0.3) is 0 Å². The second kappa shape index (κ2) is 8.64. The highest BCUT2D eigenvalue weighted by Gasteiger charge is 2.11. The first-order valence-electron chi connectivity index (χ1n) is 7.07. The summed E-state index contributed by atoms with van der Waals surface area (Å²) in [5, 5.41) is 3.00. The highest BCUT2D eigenvalue weighted by molar-refractivity contribution is 6.34. The van der Waals surface area contributed by atoms with Gasteiger partial charge < -0.3 is 16.8 Å². The molecule has 2 amide bonds. The number of hydrogen-bond donors (Lipinski definition) is 3. The molecule has 116 valence electrons. The normalized spacial score (nSPS) is 12.0. The van der Waals surface area contributed by atoms with Gasteiger partial charge in [0.15, 0.2) is 0 Å². The van der Waals surface area contributed by atoms with Crippen LogP contribution in [0.25, 0.3) is 0 Å². The Morgan fingerprint density at radius 1 is 1.33 bits per heavy atom. The molecule has 5 N–H and O–H groups in total. The number of nitrogens with two attached hydrogens (primary N) is 2. The van der Waals surface area contributed by atoms with Gasteiger partial charge in [-0.25, -0.2) is 0 Å². The number of anilines is 1. The van der Waals surface area contributed by atoms with Crippen molar-refractivity contribution in [2.24, 2.45) is 17.4 Å². The summed E-state index contributed by atoms with van der Waals surface area (Å²) in [6.45, 7) is 2.74. The quantitative estimate of drug-likeness (QED) is 0.688. The maximum Gasteiger partial charge on any atom is 0.250 e. The molecule has 0 aromatic heterocycles. The number of halogens is 1. The molecule has 1 rings (SSSR count). The summed E-state index contributed by atoms with van der Waals surface area (Å²) in [5.41, 5.74) is 11.5. The highest BCUT2D eigenvalue weighted by Crippen LogP contribution is 2.21. The Balaban J connectivity index is 2.55. The monoisotopic (exact) mass is 311 g/mol. The standard InChI is InChI=1S/C15H22ClN3O2/c1-2-10(7-8-17)3-6-14(20)19-11-4-5-12(15(18)21)13(16)9-11/h4-5,9-10H,2-3,6-8,17H2,1H3,(H2,18,21)(H,19,20). The maximum atomic E-state index is 11.9. The summed E-state index contributed by atoms with van der Waals surface area (Å²) in [5.74, 6) is -0.194. The Bertz CT molecular complexity index is 506. The lowest BCUT2D eigenvalue weighted by atomic mass is 9.96. The van der Waals surface area contributed by atoms with E-state index < -0.39 is 5.91 Å². The fourth-order valence-corrected chi connectivity index (χ4v) is 2.41. The van der Waals surface area contributed by atoms with Gasteiger partial charge in [0.2, 0.25) is 11.8 Å². The molecule has 0 saturated heterocycles. The zero-order valence-corrected chi connectivity index (χ0v) is 13.0. The molecule has 5 nitrogen and oxygen atoms in total. The molecule has 0 aliphatic rings. The minimum atomic E-state index is -0.592. The Morgan fingerprint density at radius 2 is 2.05 bits per heavy atom. The van der Waals surface area contributed by atoms with Gasteiger partial charge >= 0.3 is 0 Å². The van der Waals surface area contributed by atoms with E-state index in [-0.39, 0.29) is 16.5 Å². The van der Waals surface area contributed by atoms with Crippen molar-refractivity contribution >= 4 is 29.1 Å². The van der Waals surface area contributed by atoms with E-state index in [9.17, 15) is 9.59 Å². The molecule has 21 heavy (non-hydrogen) atoms. The Morgan fingerprint density at radius 3 is 2.57 bits per heavy atom. The topological polar surface area (TPSA) is 98.2 Å². The van der Waals surface area contributed by atoms with Crippen LogP contribution in [0.1, 0.15) is 43.0 Å². The fraction of sp³-hybridized carbons (Fsp3) is 0.467. The number of carbonyl (C=O) groups excluding carboxylic acids is 2. The Labute approximate surface area is 130 Å². The van der Waals surface area contributed by atoms with Gasteiger partial charge in [-0.3, -0.25) is 9.59 Å². The van der Waals surface area contributed by atoms with Gasteiger partial charge in [-0.2, -0.15) is 0 Å². The van der Waals surface area contributed by atoms with E-state index in [4.69, 9.17) is 23.1 Å². The van der Waals surface area contributed by atoms with Gasteiger partial charge in [-0.15, -0.1) is 0 Å². The third-order valence-electron chi connectivity index (χ3n) is 3.45. The highest BCUT2D eigenvalue weighted by atomic mass is 35.5. The smallest absolute Gasteiger partial charge is 0.250 e. The number of amides is 2. The van der Waals surface area contributed by atoms with Crippen LogP contribution in [0.5, 0.6) is 0 Å². The lowest BCUT2D eigenvalue weighted by Gasteiger charge is -2.13. The average molecular weight is 312 g/mol. The van der Waals surface area contributed by atoms with Gasteiger partial charge in [0.05, 0.1) is 10.6 Å². The summed E-state index contributed by atoms with van der Waals surface area (Å²) in [4.78, 5) is 23.0. The molecule has 0 spiro atoms. The molecule has 0 aliphatic heterocycles. The van der Waals surface area contributed by atoms with E-state index in [1.807, 2.05) is 0 Å². The molecule has 1 unspecified atom stereocenters. The molecule has 0 fully saturated rings. The second-order valence-corrected chi connectivity index (χ2v) is 5.40.